The predicted molar refractivity (Wildman–Crippen MR) is 104 cm³/mol. The number of nitrogens with one attached hydrogen (secondary N) is 1. The van der Waals surface area contributed by atoms with Gasteiger partial charge in [0, 0.05) is 24.2 Å². The van der Waals surface area contributed by atoms with Crippen LogP contribution >= 0.6 is 22.9 Å². The molecular weight excluding hydrogens is 374 g/mol. The highest BCUT2D eigenvalue weighted by molar-refractivity contribution is 7.22. The minimum Gasteiger partial charge on any atom is -0.463 e. The second kappa shape index (κ2) is 7.01. The van der Waals surface area contributed by atoms with Crippen molar-refractivity contribution >= 4 is 55.8 Å². The van der Waals surface area contributed by atoms with Crippen molar-refractivity contribution in [2.45, 2.75) is 6.42 Å². The highest BCUT2D eigenvalue weighted by atomic mass is 35.5. The van der Waals surface area contributed by atoms with Crippen LogP contribution < -0.4 is 10.2 Å². The van der Waals surface area contributed by atoms with Gasteiger partial charge in [0.05, 0.1) is 17.5 Å². The van der Waals surface area contributed by atoms with E-state index in [0.717, 1.165) is 40.5 Å². The molecule has 0 fully saturated rings. The molecule has 0 saturated carbocycles. The first-order valence-electron chi connectivity index (χ1n) is 8.09. The van der Waals surface area contributed by atoms with Gasteiger partial charge in [-0.3, -0.25) is 0 Å². The van der Waals surface area contributed by atoms with E-state index >= 15 is 0 Å². The lowest BCUT2D eigenvalue weighted by Gasteiger charge is -2.22. The van der Waals surface area contributed by atoms with Crippen molar-refractivity contribution in [3.05, 3.63) is 47.2 Å². The smallest absolute Gasteiger partial charge is 0.374 e. The zero-order chi connectivity index (χ0) is 18.1. The van der Waals surface area contributed by atoms with Crippen LogP contribution in [0.5, 0.6) is 0 Å². The van der Waals surface area contributed by atoms with E-state index in [1.165, 1.54) is 7.11 Å². The van der Waals surface area contributed by atoms with Crippen LogP contribution in [-0.2, 0) is 4.74 Å². The molecule has 0 amide bonds. The summed E-state index contributed by atoms with van der Waals surface area (Å²) < 4.78 is 11.1. The third-order valence-corrected chi connectivity index (χ3v) is 5.31. The first kappa shape index (κ1) is 16.9. The number of fused-ring (bicyclic) bond motifs is 1. The Morgan fingerprint density at radius 2 is 2.27 bits per heavy atom. The first-order valence-corrected chi connectivity index (χ1v) is 9.28. The van der Waals surface area contributed by atoms with Crippen LogP contribution in [0.4, 0.5) is 16.7 Å². The molecule has 0 saturated heterocycles. The van der Waals surface area contributed by atoms with Gasteiger partial charge in [-0.15, -0.1) is 0 Å². The van der Waals surface area contributed by atoms with Crippen molar-refractivity contribution in [2.75, 3.05) is 30.4 Å². The molecule has 0 atom stereocenters. The van der Waals surface area contributed by atoms with Gasteiger partial charge in [0.25, 0.3) is 0 Å². The average Bonchev–Trinajstić information content (AvgIpc) is 3.29. The molecular formula is C18H16ClN3O3S. The number of halogens is 1. The van der Waals surface area contributed by atoms with Crippen LogP contribution in [0.15, 0.2) is 40.8 Å². The minimum atomic E-state index is -0.525. The van der Waals surface area contributed by atoms with Gasteiger partial charge in [0.2, 0.25) is 5.76 Å². The zero-order valence-electron chi connectivity index (χ0n) is 14.0. The third-order valence-electron chi connectivity index (χ3n) is 4.03. The summed E-state index contributed by atoms with van der Waals surface area (Å²) in [6.45, 7) is 1.81. The Labute approximate surface area is 159 Å². The Kier molecular flexibility index (Phi) is 4.57. The molecule has 6 nitrogen and oxygen atoms in total. The van der Waals surface area contributed by atoms with Gasteiger partial charge in [-0.2, -0.15) is 0 Å². The molecule has 2 aromatic heterocycles. The number of ether oxygens (including phenoxy) is 1. The average molecular weight is 390 g/mol. The van der Waals surface area contributed by atoms with Gasteiger partial charge in [0.1, 0.15) is 5.52 Å². The van der Waals surface area contributed by atoms with Gasteiger partial charge in [0.15, 0.2) is 11.0 Å². The van der Waals surface area contributed by atoms with Gasteiger partial charge >= 0.3 is 5.97 Å². The number of carbonyl (C=O) groups excluding carboxylic acids is 1. The number of methoxy groups -OCH3 is 1. The Hall–Kier alpha value is -2.51. The zero-order valence-corrected chi connectivity index (χ0v) is 15.6. The lowest BCUT2D eigenvalue weighted by molar-refractivity contribution is 0.0566. The Bertz CT molecular complexity index is 995. The molecule has 8 heteroatoms. The minimum absolute atomic E-state index is 0.132. The number of esters is 1. The highest BCUT2D eigenvalue weighted by Crippen LogP contribution is 2.37. The quantitative estimate of drug-likeness (QED) is 0.508. The molecule has 0 bridgehead atoms. The summed E-state index contributed by atoms with van der Waals surface area (Å²) in [5.41, 5.74) is 1.55. The van der Waals surface area contributed by atoms with E-state index in [1.54, 1.807) is 29.5 Å². The number of furan rings is 1. The molecule has 3 heterocycles. The molecule has 0 spiro atoms. The number of thiazole rings is 1. The standard InChI is InChI=1S/C18H16ClN3O3S/c1-24-17(23)13-5-6-15(25-13)20-12-9-11(19)10-14-16(12)21-18(26-14)22-7-3-2-4-8-22/h2-3,5-6,9-10,20H,4,7-8H2,1H3. The largest absolute Gasteiger partial charge is 0.463 e. The molecule has 26 heavy (non-hydrogen) atoms. The summed E-state index contributed by atoms with van der Waals surface area (Å²) in [4.78, 5) is 18.6. The normalized spacial score (nSPS) is 14.0. The monoisotopic (exact) mass is 389 g/mol. The number of aromatic nitrogens is 1. The van der Waals surface area contributed by atoms with Gasteiger partial charge in [-0.1, -0.05) is 35.1 Å². The summed E-state index contributed by atoms with van der Waals surface area (Å²) in [5, 5.41) is 4.72. The molecule has 3 aromatic rings. The maximum absolute atomic E-state index is 11.5. The second-order valence-corrected chi connectivity index (χ2v) is 7.23. The maximum Gasteiger partial charge on any atom is 0.374 e. The third kappa shape index (κ3) is 3.27. The summed E-state index contributed by atoms with van der Waals surface area (Å²) >= 11 is 7.88. The summed E-state index contributed by atoms with van der Waals surface area (Å²) in [5.74, 6) is 0.0279. The molecule has 134 valence electrons. The number of benzene rings is 1. The molecule has 0 aliphatic carbocycles. The Balaban J connectivity index is 1.67. The highest BCUT2D eigenvalue weighted by Gasteiger charge is 2.17. The van der Waals surface area contributed by atoms with Crippen molar-refractivity contribution in [1.82, 2.24) is 4.98 Å². The van der Waals surface area contributed by atoms with Crippen LogP contribution in [0.3, 0.4) is 0 Å². The molecule has 0 unspecified atom stereocenters. The van der Waals surface area contributed by atoms with Crippen LogP contribution in [0.25, 0.3) is 10.2 Å². The van der Waals surface area contributed by atoms with Crippen LogP contribution in [0.1, 0.15) is 17.0 Å². The Morgan fingerprint density at radius 1 is 1.38 bits per heavy atom. The van der Waals surface area contributed by atoms with Gasteiger partial charge < -0.3 is 19.4 Å². The number of anilines is 3. The van der Waals surface area contributed by atoms with Crippen molar-refractivity contribution < 1.29 is 13.9 Å². The van der Waals surface area contributed by atoms with E-state index < -0.39 is 5.97 Å². The predicted octanol–water partition coefficient (Wildman–Crippen LogP) is 4.84. The van der Waals surface area contributed by atoms with Crippen LogP contribution in [-0.4, -0.2) is 31.2 Å². The summed E-state index contributed by atoms with van der Waals surface area (Å²) in [6, 6.07) is 6.93. The number of nitrogens with zero attached hydrogens (tertiary/aromatic N) is 2. The van der Waals surface area contributed by atoms with Crippen LogP contribution in [0.2, 0.25) is 5.02 Å². The number of carbonyl (C=O) groups is 1. The van der Waals surface area contributed by atoms with Crippen molar-refractivity contribution in [3.63, 3.8) is 0 Å². The van der Waals surface area contributed by atoms with E-state index in [0.29, 0.717) is 10.9 Å². The molecule has 4 rings (SSSR count). The SMILES string of the molecule is COC(=O)c1ccc(Nc2cc(Cl)cc3sc(N4CC=CCC4)nc23)o1. The molecule has 1 aliphatic heterocycles. The second-order valence-electron chi connectivity index (χ2n) is 5.78. The van der Waals surface area contributed by atoms with Crippen LogP contribution in [0, 0.1) is 0 Å². The van der Waals surface area contributed by atoms with E-state index in [4.69, 9.17) is 21.0 Å². The fraction of sp³-hybridized carbons (Fsp3) is 0.222. The molecule has 1 N–H and O–H groups in total. The lowest BCUT2D eigenvalue weighted by Crippen LogP contribution is -2.26. The van der Waals surface area contributed by atoms with E-state index in [1.807, 2.05) is 6.07 Å². The number of hydrogen-bond acceptors (Lipinski definition) is 7. The van der Waals surface area contributed by atoms with Gasteiger partial charge in [-0.25, -0.2) is 9.78 Å². The fourth-order valence-electron chi connectivity index (χ4n) is 2.78. The first-order chi connectivity index (χ1) is 12.6. The Morgan fingerprint density at radius 3 is 3.04 bits per heavy atom. The summed E-state index contributed by atoms with van der Waals surface area (Å²) in [7, 11) is 1.31. The van der Waals surface area contributed by atoms with E-state index in [-0.39, 0.29) is 5.76 Å². The van der Waals surface area contributed by atoms with E-state index in [2.05, 4.69) is 27.1 Å². The van der Waals surface area contributed by atoms with Crippen molar-refractivity contribution in [1.29, 1.82) is 0 Å². The maximum atomic E-state index is 11.5. The molecule has 1 aromatic carbocycles. The van der Waals surface area contributed by atoms with Gasteiger partial charge in [-0.05, 0) is 24.6 Å². The lowest BCUT2D eigenvalue weighted by atomic mass is 10.2. The van der Waals surface area contributed by atoms with Crippen molar-refractivity contribution in [2.24, 2.45) is 0 Å². The van der Waals surface area contributed by atoms with E-state index in [9.17, 15) is 4.79 Å². The fourth-order valence-corrected chi connectivity index (χ4v) is 4.13. The summed E-state index contributed by atoms with van der Waals surface area (Å²) in [6.07, 6.45) is 5.35. The topological polar surface area (TPSA) is 67.6 Å². The van der Waals surface area contributed by atoms with Crippen molar-refractivity contribution in [3.8, 4) is 0 Å². The molecule has 0 radical (unpaired) electrons. The number of rotatable bonds is 4. The molecule has 1 aliphatic rings. The number of hydrogen-bond donors (Lipinski definition) is 1.